The number of aromatic nitrogens is 6. The third kappa shape index (κ3) is 6.72. The number of hydrogen-bond acceptors (Lipinski definition) is 7. The summed E-state index contributed by atoms with van der Waals surface area (Å²) in [6, 6.07) is 35.1. The number of tetrazole rings is 1. The zero-order valence-electron chi connectivity index (χ0n) is 26.0. The van der Waals surface area contributed by atoms with Gasteiger partial charge in [-0.15, -0.1) is 21.5 Å². The molecule has 1 amide bonds. The molecule has 11 heteroatoms. The topological polar surface area (TPSA) is 110 Å². The van der Waals surface area contributed by atoms with E-state index in [9.17, 15) is 9.59 Å². The molecule has 0 aliphatic carbocycles. The van der Waals surface area contributed by atoms with Crippen LogP contribution in [-0.4, -0.2) is 36.1 Å². The first kappa shape index (κ1) is 32.2. The maximum Gasteiger partial charge on any atom is 1.00 e. The van der Waals surface area contributed by atoms with Gasteiger partial charge in [0.1, 0.15) is 5.82 Å². The fourth-order valence-electron chi connectivity index (χ4n) is 5.61. The molecule has 0 aliphatic heterocycles. The maximum absolute atomic E-state index is 14.1. The molecule has 0 aliphatic rings. The summed E-state index contributed by atoms with van der Waals surface area (Å²) >= 11 is 1.40. The summed E-state index contributed by atoms with van der Waals surface area (Å²) in [5.74, 6) is 1.12. The summed E-state index contributed by atoms with van der Waals surface area (Å²) in [6.07, 6.45) is 0.597. The molecule has 0 unspecified atom stereocenters. The molecule has 0 saturated heterocycles. The molecule has 0 bridgehead atoms. The second-order valence-electron chi connectivity index (χ2n) is 10.8. The van der Waals surface area contributed by atoms with E-state index in [1.54, 1.807) is 15.5 Å². The van der Waals surface area contributed by atoms with Crippen molar-refractivity contribution in [2.75, 3.05) is 4.90 Å². The van der Waals surface area contributed by atoms with Crippen molar-refractivity contribution in [2.24, 2.45) is 0 Å². The quantitative estimate of drug-likeness (QED) is 0.239. The number of benzene rings is 4. The van der Waals surface area contributed by atoms with Crippen molar-refractivity contribution < 1.29 is 34.4 Å². The van der Waals surface area contributed by atoms with Gasteiger partial charge in [-0.2, -0.15) is 5.21 Å². The monoisotopic (exact) mass is 646 g/mol. The van der Waals surface area contributed by atoms with Gasteiger partial charge in [-0.25, -0.2) is 4.98 Å². The molecule has 1 N–H and O–H groups in total. The molecule has 0 radical (unpaired) electrons. The number of rotatable bonds is 9. The number of aryl methyl sites for hydroxylation is 1. The van der Waals surface area contributed by atoms with E-state index in [0.29, 0.717) is 52.6 Å². The van der Waals surface area contributed by atoms with Gasteiger partial charge in [0.25, 0.3) is 11.5 Å². The summed E-state index contributed by atoms with van der Waals surface area (Å²) in [5, 5.41) is 16.9. The molecule has 4 aromatic carbocycles. The van der Waals surface area contributed by atoms with E-state index in [1.807, 2.05) is 115 Å². The van der Waals surface area contributed by atoms with Crippen LogP contribution in [0.15, 0.2) is 119 Å². The van der Waals surface area contributed by atoms with Gasteiger partial charge < -0.3 is 4.90 Å². The van der Waals surface area contributed by atoms with Crippen LogP contribution in [0.1, 0.15) is 33.5 Å². The van der Waals surface area contributed by atoms with Crippen LogP contribution in [0.4, 0.5) is 5.69 Å². The Balaban J connectivity index is 0.00000386. The van der Waals surface area contributed by atoms with Gasteiger partial charge in [-0.1, -0.05) is 91.9 Å². The number of fused-ring (bicyclic) bond motifs is 1. The fraction of sp³-hybridized carbons (Fsp3) is 0.111. The van der Waals surface area contributed by atoms with E-state index in [4.69, 9.17) is 4.98 Å². The molecular weight excluding hydrogens is 618 g/mol. The molecular formula is C36H29N7NaO2S+. The largest absolute Gasteiger partial charge is 1.00 e. The predicted molar refractivity (Wildman–Crippen MR) is 181 cm³/mol. The first-order valence-electron chi connectivity index (χ1n) is 14.9. The first-order chi connectivity index (χ1) is 22.6. The van der Waals surface area contributed by atoms with Crippen molar-refractivity contribution in [3.05, 3.63) is 147 Å². The van der Waals surface area contributed by atoms with Gasteiger partial charge in [0.2, 0.25) is 5.82 Å². The SMILES string of the molecule is CCc1nc2ccc(N(Cc3ccccc3)C(=O)c3cccs3)cc2c(=O)n1Cc1ccc(-c2ccccc2-c2nn[nH]n2)cc1.[Na+]. The Bertz CT molecular complexity index is 2180. The van der Waals surface area contributed by atoms with Gasteiger partial charge in [0.05, 0.1) is 28.9 Å². The standard InChI is InChI=1S/C36H29N7O2S.Na/c1-2-33-37-31-19-18-27(42(22-24-9-4-3-5-10-24)36(45)32-13-8-20-46-32)21-30(31)35(44)43(33)23-25-14-16-26(17-15-25)28-11-6-7-12-29(28)34-38-40-41-39-34;/h3-21H,2,22-23H2,1H3,(H,38,39,40,41);/q;+1. The molecule has 3 heterocycles. The van der Waals surface area contributed by atoms with Gasteiger partial charge >= 0.3 is 29.6 Å². The summed E-state index contributed by atoms with van der Waals surface area (Å²) < 4.78 is 1.73. The Morgan fingerprint density at radius 3 is 2.34 bits per heavy atom. The van der Waals surface area contributed by atoms with Crippen LogP contribution >= 0.6 is 11.3 Å². The van der Waals surface area contributed by atoms with E-state index in [1.165, 1.54) is 11.3 Å². The average Bonchev–Trinajstić information content (AvgIpc) is 3.85. The molecule has 0 spiro atoms. The maximum atomic E-state index is 14.1. The van der Waals surface area contributed by atoms with Crippen LogP contribution in [0.25, 0.3) is 33.4 Å². The minimum Gasteiger partial charge on any atom is -0.303 e. The Morgan fingerprint density at radius 2 is 1.64 bits per heavy atom. The van der Waals surface area contributed by atoms with Crippen LogP contribution in [-0.2, 0) is 19.5 Å². The zero-order chi connectivity index (χ0) is 31.5. The smallest absolute Gasteiger partial charge is 0.303 e. The Morgan fingerprint density at radius 1 is 0.872 bits per heavy atom. The minimum absolute atomic E-state index is 0. The molecule has 0 saturated carbocycles. The normalized spacial score (nSPS) is 10.9. The Kier molecular flexibility index (Phi) is 9.84. The number of nitrogens with one attached hydrogen (secondary N) is 1. The number of carbonyl (C=O) groups is 1. The van der Waals surface area contributed by atoms with Crippen LogP contribution < -0.4 is 40.0 Å². The number of carbonyl (C=O) groups excluding carboxylic acids is 1. The van der Waals surface area contributed by atoms with Gasteiger partial charge in [-0.05, 0) is 57.1 Å². The van der Waals surface area contributed by atoms with Crippen LogP contribution in [0.2, 0.25) is 0 Å². The van der Waals surface area contributed by atoms with Crippen LogP contribution in [0, 0.1) is 0 Å². The number of H-pyrrole nitrogens is 1. The van der Waals surface area contributed by atoms with E-state index in [-0.39, 0.29) is 41.0 Å². The molecule has 0 atom stereocenters. The van der Waals surface area contributed by atoms with Crippen molar-refractivity contribution in [1.82, 2.24) is 30.2 Å². The van der Waals surface area contributed by atoms with Crippen molar-refractivity contribution in [3.63, 3.8) is 0 Å². The van der Waals surface area contributed by atoms with Crippen molar-refractivity contribution >= 4 is 33.8 Å². The van der Waals surface area contributed by atoms with Gasteiger partial charge in [0, 0.05) is 17.7 Å². The predicted octanol–water partition coefficient (Wildman–Crippen LogP) is 3.77. The van der Waals surface area contributed by atoms with Crippen LogP contribution in [0.5, 0.6) is 0 Å². The number of amides is 1. The average molecular weight is 647 g/mol. The van der Waals surface area contributed by atoms with Crippen molar-refractivity contribution in [2.45, 2.75) is 26.4 Å². The summed E-state index contributed by atoms with van der Waals surface area (Å²) in [4.78, 5) is 35.0. The molecule has 3 aromatic heterocycles. The molecule has 47 heavy (non-hydrogen) atoms. The third-order valence-corrected chi connectivity index (χ3v) is 8.78. The zero-order valence-corrected chi connectivity index (χ0v) is 28.8. The van der Waals surface area contributed by atoms with Gasteiger partial charge in [0.15, 0.2) is 0 Å². The number of anilines is 1. The molecule has 226 valence electrons. The summed E-state index contributed by atoms with van der Waals surface area (Å²) in [5.41, 5.74) is 5.94. The minimum atomic E-state index is -0.140. The number of aromatic amines is 1. The fourth-order valence-corrected chi connectivity index (χ4v) is 6.29. The second-order valence-corrected chi connectivity index (χ2v) is 11.8. The number of hydrogen-bond donors (Lipinski definition) is 1. The van der Waals surface area contributed by atoms with Crippen molar-refractivity contribution in [1.29, 1.82) is 0 Å². The molecule has 9 nitrogen and oxygen atoms in total. The van der Waals surface area contributed by atoms with E-state index < -0.39 is 0 Å². The second kappa shape index (κ2) is 14.4. The van der Waals surface area contributed by atoms with Crippen molar-refractivity contribution in [3.8, 4) is 22.5 Å². The van der Waals surface area contributed by atoms with E-state index >= 15 is 0 Å². The Labute approximate surface area is 297 Å². The number of nitrogens with zero attached hydrogens (tertiary/aromatic N) is 6. The Hall–Kier alpha value is -4.74. The van der Waals surface area contributed by atoms with Crippen LogP contribution in [0.3, 0.4) is 0 Å². The molecule has 7 aromatic rings. The summed E-state index contributed by atoms with van der Waals surface area (Å²) in [6.45, 7) is 2.74. The van der Waals surface area contributed by atoms with E-state index in [0.717, 1.165) is 27.8 Å². The molecule has 0 fully saturated rings. The van der Waals surface area contributed by atoms with Gasteiger partial charge in [-0.3, -0.25) is 14.2 Å². The number of thiophene rings is 1. The first-order valence-corrected chi connectivity index (χ1v) is 15.8. The third-order valence-electron chi connectivity index (χ3n) is 7.92. The molecule has 7 rings (SSSR count). The summed E-state index contributed by atoms with van der Waals surface area (Å²) in [7, 11) is 0. The van der Waals surface area contributed by atoms with E-state index in [2.05, 4.69) is 20.6 Å².